The third-order valence-electron chi connectivity index (χ3n) is 7.63. The number of aromatic nitrogens is 2. The molecule has 0 fully saturated rings. The maximum absolute atomic E-state index is 15.3. The Kier molecular flexibility index (Phi) is 11.8. The van der Waals surface area contributed by atoms with Gasteiger partial charge in [-0.05, 0) is 23.5 Å². The summed E-state index contributed by atoms with van der Waals surface area (Å²) in [5.74, 6) is -6.70. The van der Waals surface area contributed by atoms with Crippen molar-refractivity contribution in [3.8, 4) is 22.5 Å². The molecule has 2 aromatic carbocycles. The van der Waals surface area contributed by atoms with Crippen molar-refractivity contribution < 1.29 is 82.6 Å². The van der Waals surface area contributed by atoms with Gasteiger partial charge in [0, 0.05) is 27.1 Å². The molecule has 49 heavy (non-hydrogen) atoms. The summed E-state index contributed by atoms with van der Waals surface area (Å²) in [6.07, 6.45) is -5.24. The van der Waals surface area contributed by atoms with Crippen molar-refractivity contribution in [1.82, 2.24) is 9.97 Å². The number of hydrogen-bond acceptors (Lipinski definition) is 7. The van der Waals surface area contributed by atoms with E-state index in [1.54, 1.807) is 27.7 Å². The van der Waals surface area contributed by atoms with Gasteiger partial charge in [-0.25, -0.2) is 8.42 Å². The van der Waals surface area contributed by atoms with Crippen LogP contribution in [0, 0.1) is 35.4 Å². The Hall–Kier alpha value is -3.05. The zero-order chi connectivity index (χ0) is 36.0. The molecule has 0 aliphatic rings. The Morgan fingerprint density at radius 2 is 1.16 bits per heavy atom. The largest absolute Gasteiger partial charge is 2.00 e. The first-order valence-corrected chi connectivity index (χ1v) is 15.4. The van der Waals surface area contributed by atoms with Crippen LogP contribution in [0.1, 0.15) is 39.1 Å². The van der Waals surface area contributed by atoms with Crippen LogP contribution in [0.3, 0.4) is 0 Å². The summed E-state index contributed by atoms with van der Waals surface area (Å²) in [6, 6.07) is 13.6. The van der Waals surface area contributed by atoms with Gasteiger partial charge >= 0.3 is 32.9 Å². The number of nitrogens with zero attached hydrogens (tertiary/aromatic N) is 2. The molecule has 4 rings (SSSR count). The first-order chi connectivity index (χ1) is 22.0. The molecule has 0 bridgehead atoms. The van der Waals surface area contributed by atoms with Crippen LogP contribution >= 0.6 is 12.0 Å². The summed E-state index contributed by atoms with van der Waals surface area (Å²) in [4.78, 5) is 8.71. The van der Waals surface area contributed by atoms with Crippen LogP contribution in [0.4, 0.5) is 43.9 Å². The van der Waals surface area contributed by atoms with Gasteiger partial charge in [0.1, 0.15) is 0 Å². The van der Waals surface area contributed by atoms with Gasteiger partial charge in [-0.15, -0.1) is 42.3 Å². The van der Waals surface area contributed by atoms with Crippen molar-refractivity contribution in [2.75, 3.05) is 0 Å². The van der Waals surface area contributed by atoms with Gasteiger partial charge < -0.3 is 9.97 Å². The van der Waals surface area contributed by atoms with Crippen molar-refractivity contribution in [2.45, 2.75) is 60.2 Å². The van der Waals surface area contributed by atoms with Crippen LogP contribution < -0.4 is 0 Å². The van der Waals surface area contributed by atoms with Gasteiger partial charge in [-0.3, -0.25) is 17.6 Å². The van der Waals surface area contributed by atoms with Crippen LogP contribution in [-0.2, 0) is 51.0 Å². The van der Waals surface area contributed by atoms with E-state index in [0.29, 0.717) is 6.07 Å². The number of rotatable bonds is 9. The van der Waals surface area contributed by atoms with Crippen molar-refractivity contribution >= 4 is 21.9 Å². The van der Waals surface area contributed by atoms with Crippen LogP contribution in [0.25, 0.3) is 22.5 Å². The Morgan fingerprint density at radius 3 is 1.61 bits per heavy atom. The van der Waals surface area contributed by atoms with E-state index < -0.39 is 76.7 Å². The predicted molar refractivity (Wildman–Crippen MR) is 150 cm³/mol. The van der Waals surface area contributed by atoms with E-state index in [9.17, 15) is 43.5 Å². The minimum atomic E-state index is -6.43. The minimum absolute atomic E-state index is 0. The smallest absolute Gasteiger partial charge is 0.301 e. The maximum atomic E-state index is 15.3. The number of benzene rings is 2. The van der Waals surface area contributed by atoms with Crippen molar-refractivity contribution in [3.63, 3.8) is 0 Å². The summed E-state index contributed by atoms with van der Waals surface area (Å²) in [5, 5.41) is 0. The quantitative estimate of drug-likeness (QED) is 0.0546. The van der Waals surface area contributed by atoms with Gasteiger partial charge in [0.05, 0.1) is 40.2 Å². The van der Waals surface area contributed by atoms with Gasteiger partial charge in [0.2, 0.25) is 0 Å². The van der Waals surface area contributed by atoms with Crippen molar-refractivity contribution in [3.05, 3.63) is 95.3 Å². The second kappa shape index (κ2) is 14.3. The molecule has 19 heteroatoms. The molecular formula is C30H20F10N2O4PtS2. The molecule has 0 saturated carbocycles. The molecule has 2 aromatic heterocycles. The molecule has 0 saturated heterocycles. The fraction of sp³-hybridized carbons (Fsp3) is 0.267. The topological polar surface area (TPSA) is 78.4 Å². The maximum Gasteiger partial charge on any atom is 2.00 e. The van der Waals surface area contributed by atoms with E-state index in [0.717, 1.165) is 6.07 Å². The van der Waals surface area contributed by atoms with E-state index in [2.05, 4.69) is 31.3 Å². The standard InChI is InChI=1S/C30H20F10N2O4S2.Pt/c1-27(2,21-9-5-7-19(41-21)15-11-13-17(31)25(23(15)33)47-46-45-29(35,36)37)28(3,4)22-10-6-8-20(42-22)16-12-14-18(32)26(24(16)34)48(43,44)30(38,39)40;/h5-10,13-14H,1-4H3;/q-2;+2. The molecule has 0 unspecified atom stereocenters. The average molecular weight is 922 g/mol. The molecular weight excluding hydrogens is 902 g/mol. The molecule has 2 heterocycles. The molecule has 6 nitrogen and oxygen atoms in total. The third-order valence-corrected chi connectivity index (χ3v) is 9.83. The molecule has 0 aliphatic carbocycles. The normalized spacial score (nSPS) is 12.9. The second-order valence-electron chi connectivity index (χ2n) is 11.0. The van der Waals surface area contributed by atoms with Crippen molar-refractivity contribution in [1.29, 1.82) is 0 Å². The predicted octanol–water partition coefficient (Wildman–Crippen LogP) is 8.99. The minimum Gasteiger partial charge on any atom is -0.301 e. The zero-order valence-electron chi connectivity index (χ0n) is 25.1. The van der Waals surface area contributed by atoms with Crippen molar-refractivity contribution in [2.24, 2.45) is 0 Å². The molecule has 0 aliphatic heterocycles. The van der Waals surface area contributed by atoms with Crippen LogP contribution in [0.5, 0.6) is 0 Å². The Labute approximate surface area is 291 Å². The number of pyridine rings is 2. The van der Waals surface area contributed by atoms with Gasteiger partial charge in [-0.1, -0.05) is 63.1 Å². The zero-order valence-corrected chi connectivity index (χ0v) is 29.0. The van der Waals surface area contributed by atoms with Gasteiger partial charge in [0.15, 0.2) is 0 Å². The summed E-state index contributed by atoms with van der Waals surface area (Å²) in [5.41, 5.74) is -9.53. The van der Waals surface area contributed by atoms with Gasteiger partial charge in [-0.2, -0.15) is 17.5 Å². The average Bonchev–Trinajstić information content (AvgIpc) is 2.97. The van der Waals surface area contributed by atoms with E-state index in [1.165, 1.54) is 30.3 Å². The molecule has 0 atom stereocenters. The van der Waals surface area contributed by atoms with Crippen LogP contribution in [0.15, 0.2) is 58.3 Å². The van der Waals surface area contributed by atoms with E-state index in [1.807, 2.05) is 0 Å². The first-order valence-electron chi connectivity index (χ1n) is 13.2. The van der Waals surface area contributed by atoms with E-state index in [4.69, 9.17) is 0 Å². The number of sulfone groups is 1. The molecule has 0 amide bonds. The second-order valence-corrected chi connectivity index (χ2v) is 13.6. The summed E-state index contributed by atoms with van der Waals surface area (Å²) >= 11 is -0.362. The monoisotopic (exact) mass is 921 g/mol. The summed E-state index contributed by atoms with van der Waals surface area (Å²) in [6.45, 7) is 6.69. The molecule has 0 N–H and O–H groups in total. The molecule has 266 valence electrons. The Balaban J connectivity index is 0.00000650. The SMILES string of the molecule is CC(C)(c1cccc(-c2[c-]cc(F)c(SOOC(F)(F)F)c2F)n1)C(C)(C)c1cccc(-c2[c-]cc(F)c(S(=O)(=O)C(F)(F)F)c2F)n1.[Pt+2]. The number of alkyl halides is 6. The number of hydrogen-bond donors (Lipinski definition) is 0. The molecule has 4 aromatic rings. The first kappa shape index (κ1) is 40.4. The van der Waals surface area contributed by atoms with E-state index >= 15 is 8.78 Å². The Morgan fingerprint density at radius 1 is 0.714 bits per heavy atom. The van der Waals surface area contributed by atoms with Crippen LogP contribution in [0.2, 0.25) is 0 Å². The molecule has 0 spiro atoms. The van der Waals surface area contributed by atoms with Crippen LogP contribution in [-0.4, -0.2) is 30.3 Å². The number of halogens is 10. The molecule has 0 radical (unpaired) electrons. The Bertz CT molecular complexity index is 1970. The van der Waals surface area contributed by atoms with Gasteiger partial charge in [0.25, 0.3) is 9.84 Å². The fourth-order valence-corrected chi connectivity index (χ4v) is 5.73. The summed E-state index contributed by atoms with van der Waals surface area (Å²) < 4.78 is 163. The summed E-state index contributed by atoms with van der Waals surface area (Å²) in [7, 11) is -6.43. The van der Waals surface area contributed by atoms with E-state index in [-0.39, 0.29) is 62.0 Å². The fourth-order valence-electron chi connectivity index (χ4n) is 4.35. The third kappa shape index (κ3) is 7.98.